The SMILES string of the molecule is CN(C)C.C[C@H](C(=O)O)c1cccc(C(=O)c2ccccc2)c1. The van der Waals surface area contributed by atoms with Crippen molar-refractivity contribution in [1.82, 2.24) is 4.90 Å². The molecule has 2 aromatic rings. The Morgan fingerprint density at radius 2 is 1.43 bits per heavy atom. The molecule has 0 aromatic heterocycles. The molecule has 0 heterocycles. The Morgan fingerprint density at radius 1 is 0.913 bits per heavy atom. The van der Waals surface area contributed by atoms with Crippen molar-refractivity contribution in [3.05, 3.63) is 71.3 Å². The molecule has 0 unspecified atom stereocenters. The van der Waals surface area contributed by atoms with E-state index in [2.05, 4.69) is 0 Å². The van der Waals surface area contributed by atoms with Crippen LogP contribution in [0.3, 0.4) is 0 Å². The van der Waals surface area contributed by atoms with Crippen LogP contribution in [0.5, 0.6) is 0 Å². The number of benzene rings is 2. The fourth-order valence-corrected chi connectivity index (χ4v) is 1.85. The molecule has 4 nitrogen and oxygen atoms in total. The van der Waals surface area contributed by atoms with Gasteiger partial charge in [-0.2, -0.15) is 0 Å². The van der Waals surface area contributed by atoms with Gasteiger partial charge in [-0.25, -0.2) is 0 Å². The van der Waals surface area contributed by atoms with E-state index < -0.39 is 11.9 Å². The van der Waals surface area contributed by atoms with Crippen molar-refractivity contribution in [3.63, 3.8) is 0 Å². The van der Waals surface area contributed by atoms with Gasteiger partial charge in [-0.1, -0.05) is 48.5 Å². The van der Waals surface area contributed by atoms with Crippen LogP contribution in [-0.4, -0.2) is 42.9 Å². The standard InChI is InChI=1S/C16H14O3.C3H9N/c1-11(16(18)19)13-8-5-9-14(10-13)15(17)12-6-3-2-4-7-12;1-4(2)3/h2-11H,1H3,(H,18,19);1-3H3/t11-;/m0./s1. The zero-order valence-electron chi connectivity index (χ0n) is 14.0. The van der Waals surface area contributed by atoms with Crippen LogP contribution in [0.25, 0.3) is 0 Å². The quantitative estimate of drug-likeness (QED) is 0.880. The maximum Gasteiger partial charge on any atom is 0.310 e. The minimum Gasteiger partial charge on any atom is -0.481 e. The van der Waals surface area contributed by atoms with E-state index in [0.717, 1.165) is 0 Å². The average molecular weight is 313 g/mol. The third-order valence-corrected chi connectivity index (χ3v) is 3.06. The minimum atomic E-state index is -0.899. The van der Waals surface area contributed by atoms with Gasteiger partial charge in [0, 0.05) is 11.1 Å². The van der Waals surface area contributed by atoms with Crippen molar-refractivity contribution in [2.24, 2.45) is 0 Å². The molecule has 122 valence electrons. The van der Waals surface area contributed by atoms with Crippen LogP contribution in [0.2, 0.25) is 0 Å². The number of aliphatic carboxylic acids is 1. The van der Waals surface area contributed by atoms with Crippen LogP contribution in [-0.2, 0) is 4.79 Å². The molecule has 0 radical (unpaired) electrons. The number of carboxylic acid groups (broad SMARTS) is 1. The third-order valence-electron chi connectivity index (χ3n) is 3.06. The number of ketones is 1. The molecule has 2 rings (SSSR count). The van der Waals surface area contributed by atoms with Crippen LogP contribution in [0.1, 0.15) is 34.3 Å². The summed E-state index contributed by atoms with van der Waals surface area (Å²) < 4.78 is 0. The largest absolute Gasteiger partial charge is 0.481 e. The highest BCUT2D eigenvalue weighted by Crippen LogP contribution is 2.18. The summed E-state index contributed by atoms with van der Waals surface area (Å²) >= 11 is 0. The van der Waals surface area contributed by atoms with Gasteiger partial charge in [0.15, 0.2) is 5.78 Å². The van der Waals surface area contributed by atoms with E-state index >= 15 is 0 Å². The number of carbonyl (C=O) groups is 2. The lowest BCUT2D eigenvalue weighted by molar-refractivity contribution is -0.138. The summed E-state index contributed by atoms with van der Waals surface area (Å²) in [5.41, 5.74) is 1.74. The van der Waals surface area contributed by atoms with E-state index in [-0.39, 0.29) is 5.78 Å². The highest BCUT2D eigenvalue weighted by molar-refractivity contribution is 6.09. The molecule has 1 N–H and O–H groups in total. The maximum atomic E-state index is 12.2. The fourth-order valence-electron chi connectivity index (χ4n) is 1.85. The lowest BCUT2D eigenvalue weighted by Gasteiger charge is -2.08. The number of hydrogen-bond acceptors (Lipinski definition) is 3. The van der Waals surface area contributed by atoms with Crippen molar-refractivity contribution in [1.29, 1.82) is 0 Å². The Hall–Kier alpha value is -2.46. The summed E-state index contributed by atoms with van der Waals surface area (Å²) in [6, 6.07) is 15.7. The molecule has 0 saturated heterocycles. The van der Waals surface area contributed by atoms with E-state index in [1.54, 1.807) is 55.5 Å². The molecular formula is C19H23NO3. The molecule has 0 amide bonds. The molecule has 0 bridgehead atoms. The summed E-state index contributed by atoms with van der Waals surface area (Å²) in [6.07, 6.45) is 0. The van der Waals surface area contributed by atoms with Crippen molar-refractivity contribution in [2.75, 3.05) is 21.1 Å². The summed E-state index contributed by atoms with van der Waals surface area (Å²) in [5, 5.41) is 9.00. The molecule has 0 fully saturated rings. The van der Waals surface area contributed by atoms with E-state index in [1.807, 2.05) is 32.1 Å². The Bertz CT molecular complexity index is 648. The van der Waals surface area contributed by atoms with Gasteiger partial charge >= 0.3 is 5.97 Å². The molecule has 0 aliphatic rings. The van der Waals surface area contributed by atoms with Crippen molar-refractivity contribution in [2.45, 2.75) is 12.8 Å². The molecule has 23 heavy (non-hydrogen) atoms. The van der Waals surface area contributed by atoms with Crippen LogP contribution >= 0.6 is 0 Å². The summed E-state index contributed by atoms with van der Waals surface area (Å²) in [5.74, 6) is -1.62. The summed E-state index contributed by atoms with van der Waals surface area (Å²) in [6.45, 7) is 1.61. The topological polar surface area (TPSA) is 57.6 Å². The van der Waals surface area contributed by atoms with Crippen LogP contribution < -0.4 is 0 Å². The van der Waals surface area contributed by atoms with Gasteiger partial charge in [0.05, 0.1) is 5.92 Å². The molecule has 0 aliphatic carbocycles. The number of hydrogen-bond donors (Lipinski definition) is 1. The normalized spacial score (nSPS) is 11.3. The molecular weight excluding hydrogens is 290 g/mol. The van der Waals surface area contributed by atoms with Gasteiger partial charge in [0.1, 0.15) is 0 Å². The second-order valence-electron chi connectivity index (χ2n) is 5.72. The van der Waals surface area contributed by atoms with Crippen LogP contribution in [0.15, 0.2) is 54.6 Å². The number of carboxylic acids is 1. The third kappa shape index (κ3) is 6.04. The Labute approximate surface area is 137 Å². The minimum absolute atomic E-state index is 0.0972. The molecule has 0 spiro atoms. The molecule has 4 heteroatoms. The predicted molar refractivity (Wildman–Crippen MR) is 92.0 cm³/mol. The Kier molecular flexibility index (Phi) is 7.16. The van der Waals surface area contributed by atoms with Crippen molar-refractivity contribution < 1.29 is 14.7 Å². The van der Waals surface area contributed by atoms with Crippen LogP contribution in [0.4, 0.5) is 0 Å². The van der Waals surface area contributed by atoms with E-state index in [9.17, 15) is 9.59 Å². The van der Waals surface area contributed by atoms with E-state index in [1.165, 1.54) is 0 Å². The first-order chi connectivity index (χ1) is 10.8. The van der Waals surface area contributed by atoms with Gasteiger partial charge in [0.25, 0.3) is 0 Å². The first-order valence-electron chi connectivity index (χ1n) is 7.36. The average Bonchev–Trinajstić information content (AvgIpc) is 2.53. The number of nitrogens with zero attached hydrogens (tertiary/aromatic N) is 1. The molecule has 0 aliphatic heterocycles. The van der Waals surface area contributed by atoms with Crippen molar-refractivity contribution in [3.8, 4) is 0 Å². The second kappa shape index (κ2) is 8.86. The molecule has 0 saturated carbocycles. The van der Waals surface area contributed by atoms with E-state index in [4.69, 9.17) is 5.11 Å². The lowest BCUT2D eigenvalue weighted by Crippen LogP contribution is -2.09. The van der Waals surface area contributed by atoms with Gasteiger partial charge in [0.2, 0.25) is 0 Å². The van der Waals surface area contributed by atoms with Gasteiger partial charge in [-0.3, -0.25) is 9.59 Å². The van der Waals surface area contributed by atoms with E-state index in [0.29, 0.717) is 16.7 Å². The monoisotopic (exact) mass is 313 g/mol. The van der Waals surface area contributed by atoms with Gasteiger partial charge < -0.3 is 10.0 Å². The van der Waals surface area contributed by atoms with Gasteiger partial charge in [-0.15, -0.1) is 0 Å². The number of carbonyl (C=O) groups excluding carboxylic acids is 1. The zero-order valence-corrected chi connectivity index (χ0v) is 14.0. The fraction of sp³-hybridized carbons (Fsp3) is 0.263. The smallest absolute Gasteiger partial charge is 0.310 e. The number of rotatable bonds is 4. The molecule has 2 aromatic carbocycles. The second-order valence-corrected chi connectivity index (χ2v) is 5.72. The molecule has 1 atom stereocenters. The van der Waals surface area contributed by atoms with Crippen molar-refractivity contribution >= 4 is 11.8 Å². The highest BCUT2D eigenvalue weighted by Gasteiger charge is 2.16. The highest BCUT2D eigenvalue weighted by atomic mass is 16.4. The Morgan fingerprint density at radius 3 is 1.96 bits per heavy atom. The lowest BCUT2D eigenvalue weighted by atomic mass is 9.96. The summed E-state index contributed by atoms with van der Waals surface area (Å²) in [4.78, 5) is 25.2. The summed E-state index contributed by atoms with van der Waals surface area (Å²) in [7, 11) is 6.00. The zero-order chi connectivity index (χ0) is 17.4. The predicted octanol–water partition coefficient (Wildman–Crippen LogP) is 3.28. The first-order valence-corrected chi connectivity index (χ1v) is 7.36. The first kappa shape index (κ1) is 18.6. The van der Waals surface area contributed by atoms with Gasteiger partial charge in [-0.05, 0) is 39.7 Å². The maximum absolute atomic E-state index is 12.2. The Balaban J connectivity index is 0.000000593. The van der Waals surface area contributed by atoms with Crippen LogP contribution in [0, 0.1) is 0 Å².